The Morgan fingerprint density at radius 1 is 1.10 bits per heavy atom. The molecule has 2 aromatic carbocycles. The lowest BCUT2D eigenvalue weighted by Gasteiger charge is -2.13. The molecule has 0 saturated heterocycles. The molecule has 0 atom stereocenters. The summed E-state index contributed by atoms with van der Waals surface area (Å²) in [5.74, 6) is -0.475. The minimum Gasteiger partial charge on any atom is -0.399 e. The van der Waals surface area contributed by atoms with Crippen LogP contribution in [-0.2, 0) is 10.0 Å². The lowest BCUT2D eigenvalue weighted by Crippen LogP contribution is -2.20. The number of para-hydroxylation sites is 1. The predicted octanol–water partition coefficient (Wildman–Crippen LogP) is 2.06. The van der Waals surface area contributed by atoms with Crippen molar-refractivity contribution in [3.8, 4) is 0 Å². The minimum atomic E-state index is -3.70. The average molecular weight is 295 g/mol. The van der Waals surface area contributed by atoms with Crippen LogP contribution in [0.1, 0.15) is 0 Å². The first-order valence-corrected chi connectivity index (χ1v) is 7.27. The first-order chi connectivity index (χ1) is 9.44. The highest BCUT2D eigenvalue weighted by Gasteiger charge is 2.17. The van der Waals surface area contributed by atoms with Gasteiger partial charge in [0.2, 0.25) is 10.0 Å². The summed E-state index contributed by atoms with van der Waals surface area (Å²) in [5, 5.41) is 2.76. The third kappa shape index (κ3) is 2.89. The first-order valence-electron chi connectivity index (χ1n) is 5.78. The van der Waals surface area contributed by atoms with Crippen LogP contribution in [0.5, 0.6) is 0 Å². The van der Waals surface area contributed by atoms with E-state index in [4.69, 9.17) is 5.73 Å². The molecule has 20 heavy (non-hydrogen) atoms. The zero-order valence-corrected chi connectivity index (χ0v) is 11.5. The zero-order chi connectivity index (χ0) is 14.8. The number of hydrogen-bond donors (Lipinski definition) is 3. The highest BCUT2D eigenvalue weighted by molar-refractivity contribution is 7.89. The molecule has 7 heteroatoms. The molecule has 106 valence electrons. The topological polar surface area (TPSA) is 84.2 Å². The molecule has 2 rings (SSSR count). The molecule has 0 aliphatic rings. The van der Waals surface area contributed by atoms with Crippen molar-refractivity contribution < 1.29 is 12.8 Å². The number of hydrogen-bond acceptors (Lipinski definition) is 4. The van der Waals surface area contributed by atoms with Crippen LogP contribution in [0.3, 0.4) is 0 Å². The molecule has 0 amide bonds. The van der Waals surface area contributed by atoms with Gasteiger partial charge in [-0.3, -0.25) is 0 Å². The summed E-state index contributed by atoms with van der Waals surface area (Å²) in [6.45, 7) is 0. The van der Waals surface area contributed by atoms with Gasteiger partial charge >= 0.3 is 0 Å². The molecule has 0 aliphatic carbocycles. The highest BCUT2D eigenvalue weighted by atomic mass is 32.2. The van der Waals surface area contributed by atoms with E-state index in [1.54, 1.807) is 12.1 Å². The van der Waals surface area contributed by atoms with E-state index < -0.39 is 15.8 Å². The Morgan fingerprint density at radius 3 is 2.45 bits per heavy atom. The van der Waals surface area contributed by atoms with Crippen LogP contribution in [0.2, 0.25) is 0 Å². The van der Waals surface area contributed by atoms with Crippen LogP contribution in [0.4, 0.5) is 21.5 Å². The van der Waals surface area contributed by atoms with E-state index in [2.05, 4.69) is 10.0 Å². The summed E-state index contributed by atoms with van der Waals surface area (Å²) in [4.78, 5) is -0.0387. The summed E-state index contributed by atoms with van der Waals surface area (Å²) in [6.07, 6.45) is 0. The number of nitrogens with one attached hydrogen (secondary N) is 2. The van der Waals surface area contributed by atoms with Gasteiger partial charge in [-0.05, 0) is 37.4 Å². The number of halogens is 1. The zero-order valence-electron chi connectivity index (χ0n) is 10.7. The van der Waals surface area contributed by atoms with Gasteiger partial charge in [-0.15, -0.1) is 0 Å². The summed E-state index contributed by atoms with van der Waals surface area (Å²) in [5.41, 5.74) is 6.35. The van der Waals surface area contributed by atoms with Crippen LogP contribution in [-0.4, -0.2) is 15.5 Å². The number of rotatable bonds is 4. The predicted molar refractivity (Wildman–Crippen MR) is 76.8 cm³/mol. The Labute approximate surface area is 116 Å². The van der Waals surface area contributed by atoms with Crippen LogP contribution in [0.15, 0.2) is 47.4 Å². The first kappa shape index (κ1) is 14.3. The van der Waals surface area contributed by atoms with Crippen molar-refractivity contribution in [1.82, 2.24) is 4.72 Å². The summed E-state index contributed by atoms with van der Waals surface area (Å²) >= 11 is 0. The van der Waals surface area contributed by atoms with Gasteiger partial charge in [-0.25, -0.2) is 17.5 Å². The number of nitrogen functional groups attached to an aromatic ring is 1. The van der Waals surface area contributed by atoms with Crippen LogP contribution in [0, 0.1) is 5.82 Å². The van der Waals surface area contributed by atoms with E-state index in [0.29, 0.717) is 5.69 Å². The molecule has 0 saturated carbocycles. The molecule has 0 fully saturated rings. The molecule has 0 bridgehead atoms. The number of nitrogens with two attached hydrogens (primary N) is 1. The maximum atomic E-state index is 13.6. The Kier molecular flexibility index (Phi) is 3.91. The van der Waals surface area contributed by atoms with E-state index in [1.807, 2.05) is 0 Å². The fraction of sp³-hybridized carbons (Fsp3) is 0.0769. The second-order valence-corrected chi connectivity index (χ2v) is 5.92. The lowest BCUT2D eigenvalue weighted by atomic mass is 10.2. The van der Waals surface area contributed by atoms with Gasteiger partial charge in [0.1, 0.15) is 10.7 Å². The number of anilines is 3. The van der Waals surface area contributed by atoms with Gasteiger partial charge in [-0.2, -0.15) is 0 Å². The average Bonchev–Trinajstić information content (AvgIpc) is 2.43. The van der Waals surface area contributed by atoms with Crippen molar-refractivity contribution in [3.05, 3.63) is 48.3 Å². The third-order valence-electron chi connectivity index (χ3n) is 2.71. The van der Waals surface area contributed by atoms with Crippen LogP contribution in [0.25, 0.3) is 0 Å². The SMILES string of the molecule is CNS(=O)(=O)c1cc(N)ccc1Nc1ccccc1F. The molecular formula is C13H14FN3O2S. The molecular weight excluding hydrogens is 281 g/mol. The quantitative estimate of drug-likeness (QED) is 0.754. The van der Waals surface area contributed by atoms with Gasteiger partial charge in [0.15, 0.2) is 0 Å². The van der Waals surface area contributed by atoms with Gasteiger partial charge in [0, 0.05) is 5.69 Å². The summed E-state index contributed by atoms with van der Waals surface area (Å²) < 4.78 is 39.7. The lowest BCUT2D eigenvalue weighted by molar-refractivity contribution is 0.588. The normalized spacial score (nSPS) is 11.3. The van der Waals surface area contributed by atoms with Crippen LogP contribution >= 0.6 is 0 Å². The molecule has 0 unspecified atom stereocenters. The Hall–Kier alpha value is -2.12. The van der Waals surface area contributed by atoms with Crippen molar-refractivity contribution in [2.24, 2.45) is 0 Å². The van der Waals surface area contributed by atoms with E-state index in [-0.39, 0.29) is 16.3 Å². The molecule has 0 aromatic heterocycles. The monoisotopic (exact) mass is 295 g/mol. The number of benzene rings is 2. The van der Waals surface area contributed by atoms with E-state index >= 15 is 0 Å². The highest BCUT2D eigenvalue weighted by Crippen LogP contribution is 2.27. The molecule has 0 radical (unpaired) electrons. The van der Waals surface area contributed by atoms with Gasteiger partial charge in [0.05, 0.1) is 11.4 Å². The smallest absolute Gasteiger partial charge is 0.242 e. The van der Waals surface area contributed by atoms with Crippen molar-refractivity contribution in [2.45, 2.75) is 4.90 Å². The van der Waals surface area contributed by atoms with Gasteiger partial charge in [0.25, 0.3) is 0 Å². The minimum absolute atomic E-state index is 0.0387. The molecule has 0 heterocycles. The second-order valence-electron chi connectivity index (χ2n) is 4.07. The second kappa shape index (κ2) is 5.48. The molecule has 2 aromatic rings. The maximum absolute atomic E-state index is 13.6. The summed E-state index contributed by atoms with van der Waals surface area (Å²) in [7, 11) is -2.40. The van der Waals surface area contributed by atoms with E-state index in [0.717, 1.165) is 0 Å². The van der Waals surface area contributed by atoms with Crippen molar-refractivity contribution in [2.75, 3.05) is 18.1 Å². The maximum Gasteiger partial charge on any atom is 0.242 e. The van der Waals surface area contributed by atoms with Crippen molar-refractivity contribution >= 4 is 27.1 Å². The van der Waals surface area contributed by atoms with E-state index in [9.17, 15) is 12.8 Å². The number of sulfonamides is 1. The van der Waals surface area contributed by atoms with Gasteiger partial charge < -0.3 is 11.1 Å². The Balaban J connectivity index is 2.50. The molecule has 0 aliphatic heterocycles. The molecule has 4 N–H and O–H groups in total. The Bertz CT molecular complexity index is 732. The van der Waals surface area contributed by atoms with Crippen molar-refractivity contribution in [3.63, 3.8) is 0 Å². The molecule has 0 spiro atoms. The van der Waals surface area contributed by atoms with Crippen LogP contribution < -0.4 is 15.8 Å². The standard InChI is InChI=1S/C13H14FN3O2S/c1-16-20(18,19)13-8-9(15)6-7-12(13)17-11-5-3-2-4-10(11)14/h2-8,16-17H,15H2,1H3. The Morgan fingerprint density at radius 2 is 1.80 bits per heavy atom. The summed E-state index contributed by atoms with van der Waals surface area (Å²) in [6, 6.07) is 10.3. The fourth-order valence-electron chi connectivity index (χ4n) is 1.68. The molecule has 5 nitrogen and oxygen atoms in total. The van der Waals surface area contributed by atoms with E-state index in [1.165, 1.54) is 37.4 Å². The third-order valence-corrected chi connectivity index (χ3v) is 4.16. The van der Waals surface area contributed by atoms with Crippen molar-refractivity contribution in [1.29, 1.82) is 0 Å². The van der Waals surface area contributed by atoms with Gasteiger partial charge in [-0.1, -0.05) is 12.1 Å². The largest absolute Gasteiger partial charge is 0.399 e. The fourth-order valence-corrected chi connectivity index (χ4v) is 2.60.